The Hall–Kier alpha value is -2.57. The Morgan fingerprint density at radius 1 is 1.15 bits per heavy atom. The molecule has 1 aromatic carbocycles. The SMILES string of the molecule is C[C@@H](OC(=O)CCCNC(=O)OC(C)(C)C)C(=O)N(C)Cc1ccccc1. The maximum atomic E-state index is 12.3. The highest BCUT2D eigenvalue weighted by molar-refractivity contribution is 5.83. The Bertz CT molecular complexity index is 625. The summed E-state index contributed by atoms with van der Waals surface area (Å²) < 4.78 is 10.3. The van der Waals surface area contributed by atoms with Gasteiger partial charge in [0.25, 0.3) is 5.91 Å². The molecule has 7 heteroatoms. The van der Waals surface area contributed by atoms with Crippen LogP contribution in [0.2, 0.25) is 0 Å². The van der Waals surface area contributed by atoms with E-state index in [-0.39, 0.29) is 12.3 Å². The zero-order chi connectivity index (χ0) is 20.4. The number of alkyl carbamates (subject to hydrolysis) is 1. The van der Waals surface area contributed by atoms with Gasteiger partial charge in [0.05, 0.1) is 0 Å². The summed E-state index contributed by atoms with van der Waals surface area (Å²) in [5.74, 6) is -0.742. The first-order valence-electron chi connectivity index (χ1n) is 9.03. The van der Waals surface area contributed by atoms with Crippen LogP contribution >= 0.6 is 0 Å². The first-order valence-corrected chi connectivity index (χ1v) is 9.03. The maximum absolute atomic E-state index is 12.3. The van der Waals surface area contributed by atoms with Gasteiger partial charge in [0, 0.05) is 26.6 Å². The number of carbonyl (C=O) groups excluding carboxylic acids is 3. The lowest BCUT2D eigenvalue weighted by Crippen LogP contribution is -2.37. The van der Waals surface area contributed by atoms with Crippen molar-refractivity contribution in [1.82, 2.24) is 10.2 Å². The minimum Gasteiger partial charge on any atom is -0.453 e. The lowest BCUT2D eigenvalue weighted by molar-refractivity contribution is -0.158. The average Bonchev–Trinajstić information content (AvgIpc) is 2.57. The predicted molar refractivity (Wildman–Crippen MR) is 102 cm³/mol. The van der Waals surface area contributed by atoms with E-state index in [0.29, 0.717) is 19.5 Å². The third-order valence-corrected chi connectivity index (χ3v) is 3.52. The van der Waals surface area contributed by atoms with Crippen LogP contribution in [0.25, 0.3) is 0 Å². The summed E-state index contributed by atoms with van der Waals surface area (Å²) in [6.45, 7) is 7.62. The van der Waals surface area contributed by atoms with Crippen LogP contribution in [0.3, 0.4) is 0 Å². The Kier molecular flexibility index (Phi) is 8.78. The molecular formula is C20H30N2O5. The van der Waals surface area contributed by atoms with E-state index in [1.54, 1.807) is 34.7 Å². The van der Waals surface area contributed by atoms with Gasteiger partial charge in [-0.3, -0.25) is 9.59 Å². The topological polar surface area (TPSA) is 84.9 Å². The van der Waals surface area contributed by atoms with Crippen LogP contribution in [-0.2, 0) is 25.6 Å². The molecule has 0 aliphatic rings. The number of ether oxygens (including phenoxy) is 2. The Morgan fingerprint density at radius 2 is 1.78 bits per heavy atom. The number of benzene rings is 1. The molecule has 0 fully saturated rings. The van der Waals surface area contributed by atoms with Crippen molar-refractivity contribution in [2.75, 3.05) is 13.6 Å². The van der Waals surface area contributed by atoms with Gasteiger partial charge in [0.1, 0.15) is 5.60 Å². The van der Waals surface area contributed by atoms with Gasteiger partial charge in [-0.05, 0) is 39.7 Å². The second-order valence-electron chi connectivity index (χ2n) is 7.34. The summed E-state index contributed by atoms with van der Waals surface area (Å²) in [6, 6.07) is 9.58. The number of carbonyl (C=O) groups is 3. The third kappa shape index (κ3) is 9.63. The van der Waals surface area contributed by atoms with Crippen LogP contribution in [0.4, 0.5) is 4.79 Å². The fourth-order valence-electron chi connectivity index (χ4n) is 2.29. The molecule has 27 heavy (non-hydrogen) atoms. The molecule has 0 aromatic heterocycles. The smallest absolute Gasteiger partial charge is 0.407 e. The van der Waals surface area contributed by atoms with Crippen molar-refractivity contribution in [2.24, 2.45) is 0 Å². The van der Waals surface area contributed by atoms with Gasteiger partial charge in [-0.25, -0.2) is 4.79 Å². The minimum absolute atomic E-state index is 0.107. The number of esters is 1. The summed E-state index contributed by atoms with van der Waals surface area (Å²) in [4.78, 5) is 37.2. The zero-order valence-electron chi connectivity index (χ0n) is 16.8. The molecule has 0 bridgehead atoms. The Balaban J connectivity index is 2.28. The van der Waals surface area contributed by atoms with Crippen molar-refractivity contribution in [2.45, 2.75) is 58.8 Å². The highest BCUT2D eigenvalue weighted by Crippen LogP contribution is 2.08. The van der Waals surface area contributed by atoms with Crippen molar-refractivity contribution < 1.29 is 23.9 Å². The zero-order valence-corrected chi connectivity index (χ0v) is 16.8. The van der Waals surface area contributed by atoms with Crippen molar-refractivity contribution >= 4 is 18.0 Å². The molecule has 1 N–H and O–H groups in total. The van der Waals surface area contributed by atoms with Gasteiger partial charge < -0.3 is 19.7 Å². The molecule has 0 heterocycles. The largest absolute Gasteiger partial charge is 0.453 e. The van der Waals surface area contributed by atoms with E-state index >= 15 is 0 Å². The number of hydrogen-bond donors (Lipinski definition) is 1. The van der Waals surface area contributed by atoms with Gasteiger partial charge in [-0.1, -0.05) is 30.3 Å². The van der Waals surface area contributed by atoms with Gasteiger partial charge >= 0.3 is 12.1 Å². The second kappa shape index (κ2) is 10.5. The Morgan fingerprint density at radius 3 is 2.37 bits per heavy atom. The summed E-state index contributed by atoms with van der Waals surface area (Å²) >= 11 is 0. The summed E-state index contributed by atoms with van der Waals surface area (Å²) in [7, 11) is 1.67. The lowest BCUT2D eigenvalue weighted by Gasteiger charge is -2.21. The summed E-state index contributed by atoms with van der Waals surface area (Å²) in [5.41, 5.74) is 0.435. The van der Waals surface area contributed by atoms with Crippen molar-refractivity contribution in [3.8, 4) is 0 Å². The van der Waals surface area contributed by atoms with Gasteiger partial charge in [-0.15, -0.1) is 0 Å². The van der Waals surface area contributed by atoms with Crippen molar-refractivity contribution in [1.29, 1.82) is 0 Å². The fourth-order valence-corrected chi connectivity index (χ4v) is 2.29. The molecule has 0 saturated heterocycles. The highest BCUT2D eigenvalue weighted by Gasteiger charge is 2.21. The van der Waals surface area contributed by atoms with E-state index < -0.39 is 23.8 Å². The quantitative estimate of drug-likeness (QED) is 0.555. The molecule has 0 saturated carbocycles. The van der Waals surface area contributed by atoms with Gasteiger partial charge in [0.15, 0.2) is 6.10 Å². The lowest BCUT2D eigenvalue weighted by atomic mass is 10.2. The molecule has 7 nitrogen and oxygen atoms in total. The molecular weight excluding hydrogens is 348 g/mol. The number of hydrogen-bond acceptors (Lipinski definition) is 5. The monoisotopic (exact) mass is 378 g/mol. The first kappa shape index (κ1) is 22.5. The second-order valence-corrected chi connectivity index (χ2v) is 7.34. The third-order valence-electron chi connectivity index (χ3n) is 3.52. The molecule has 0 unspecified atom stereocenters. The maximum Gasteiger partial charge on any atom is 0.407 e. The van der Waals surface area contributed by atoms with Crippen LogP contribution in [0.5, 0.6) is 0 Å². The number of amides is 2. The summed E-state index contributed by atoms with van der Waals surface area (Å²) in [5, 5.41) is 2.57. The van der Waals surface area contributed by atoms with Crippen LogP contribution in [-0.4, -0.2) is 48.2 Å². The Labute approximate surface area is 161 Å². The van der Waals surface area contributed by atoms with E-state index in [1.807, 2.05) is 30.3 Å². The van der Waals surface area contributed by atoms with E-state index in [1.165, 1.54) is 4.90 Å². The summed E-state index contributed by atoms with van der Waals surface area (Å²) in [6.07, 6.45) is -0.874. The van der Waals surface area contributed by atoms with Crippen molar-refractivity contribution in [3.63, 3.8) is 0 Å². The van der Waals surface area contributed by atoms with E-state index in [4.69, 9.17) is 9.47 Å². The first-order chi connectivity index (χ1) is 12.6. The van der Waals surface area contributed by atoms with Gasteiger partial charge in [-0.2, -0.15) is 0 Å². The number of nitrogens with zero attached hydrogens (tertiary/aromatic N) is 1. The minimum atomic E-state index is -0.856. The van der Waals surface area contributed by atoms with Gasteiger partial charge in [0.2, 0.25) is 0 Å². The van der Waals surface area contributed by atoms with Crippen LogP contribution in [0, 0.1) is 0 Å². The fraction of sp³-hybridized carbons (Fsp3) is 0.550. The average molecular weight is 378 g/mol. The predicted octanol–water partition coefficient (Wildman–Crippen LogP) is 2.88. The number of rotatable bonds is 8. The normalized spacial score (nSPS) is 12.0. The molecule has 1 atom stereocenters. The number of nitrogens with one attached hydrogen (secondary N) is 1. The highest BCUT2D eigenvalue weighted by atomic mass is 16.6. The molecule has 0 aliphatic carbocycles. The molecule has 0 spiro atoms. The van der Waals surface area contributed by atoms with E-state index in [2.05, 4.69) is 5.32 Å². The van der Waals surface area contributed by atoms with Crippen LogP contribution in [0.1, 0.15) is 46.1 Å². The van der Waals surface area contributed by atoms with E-state index in [0.717, 1.165) is 5.56 Å². The number of likely N-dealkylation sites (N-methyl/N-ethyl adjacent to an activating group) is 1. The molecule has 1 rings (SSSR count). The molecule has 150 valence electrons. The standard InChI is InChI=1S/C20H30N2O5/c1-15(18(24)22(5)14-16-10-7-6-8-11-16)26-17(23)12-9-13-21-19(25)27-20(2,3)4/h6-8,10-11,15H,9,12-14H2,1-5H3,(H,21,25)/t15-/m1/s1. The molecule has 0 radical (unpaired) electrons. The van der Waals surface area contributed by atoms with Crippen molar-refractivity contribution in [3.05, 3.63) is 35.9 Å². The van der Waals surface area contributed by atoms with Crippen LogP contribution in [0.15, 0.2) is 30.3 Å². The molecule has 2 amide bonds. The van der Waals surface area contributed by atoms with Crippen LogP contribution < -0.4 is 5.32 Å². The van der Waals surface area contributed by atoms with E-state index in [9.17, 15) is 14.4 Å². The molecule has 0 aliphatic heterocycles. The molecule has 1 aromatic rings.